The summed E-state index contributed by atoms with van der Waals surface area (Å²) in [7, 11) is 1.98. The standard InChI is InChI=1S/C35H39FN6O3/c1-4-39(5-2)22-23-9-11-24(12-10-23)25-7-6-8-29(19-25)40-31-30(20-26(36)21-37-31)32(43)41(34(40)45)27-13-15-28(16-14-27)42-33(44)35(17-18-35)38(42)3/h6-12,19-21,27-28H,4-5,13-18,22H2,1-3H3. The molecule has 7 rings (SSSR count). The quantitative estimate of drug-likeness (QED) is 0.282. The molecule has 2 aromatic carbocycles. The van der Waals surface area contributed by atoms with Crippen molar-refractivity contribution in [2.75, 3.05) is 20.1 Å². The van der Waals surface area contributed by atoms with Gasteiger partial charge in [0.15, 0.2) is 5.65 Å². The lowest BCUT2D eigenvalue weighted by Gasteiger charge is -2.53. The maximum absolute atomic E-state index is 14.5. The van der Waals surface area contributed by atoms with Gasteiger partial charge in [-0.3, -0.25) is 24.1 Å². The van der Waals surface area contributed by atoms with Gasteiger partial charge in [-0.15, -0.1) is 0 Å². The minimum absolute atomic E-state index is 0.0533. The Morgan fingerprint density at radius 1 is 0.911 bits per heavy atom. The normalized spacial score (nSPS) is 21.1. The molecule has 0 atom stereocenters. The first-order valence-electron chi connectivity index (χ1n) is 16.1. The second-order valence-corrected chi connectivity index (χ2v) is 12.7. The van der Waals surface area contributed by atoms with Crippen LogP contribution in [0.1, 0.15) is 64.0 Å². The number of likely N-dealkylation sites (N-methyl/N-ethyl adjacent to an activating group) is 1. The van der Waals surface area contributed by atoms with Crippen LogP contribution in [0.5, 0.6) is 0 Å². The number of carbonyl (C=O) groups is 1. The maximum atomic E-state index is 14.5. The van der Waals surface area contributed by atoms with Crippen molar-refractivity contribution in [3.05, 3.63) is 93.0 Å². The first-order chi connectivity index (χ1) is 21.8. The van der Waals surface area contributed by atoms with E-state index in [1.54, 1.807) is 0 Å². The number of aromatic nitrogens is 3. The predicted octanol–water partition coefficient (Wildman–Crippen LogP) is 4.90. The molecule has 10 heteroatoms. The number of nitrogens with zero attached hydrogens (tertiary/aromatic N) is 6. The lowest BCUT2D eigenvalue weighted by atomic mass is 9.89. The third kappa shape index (κ3) is 4.91. The molecule has 3 fully saturated rings. The van der Waals surface area contributed by atoms with E-state index in [1.807, 2.05) is 36.3 Å². The highest BCUT2D eigenvalue weighted by Gasteiger charge is 2.66. The lowest BCUT2D eigenvalue weighted by Crippen LogP contribution is -2.72. The Bertz CT molecular complexity index is 1880. The van der Waals surface area contributed by atoms with Gasteiger partial charge in [-0.1, -0.05) is 50.2 Å². The molecule has 0 unspecified atom stereocenters. The molecule has 0 N–H and O–H groups in total. The monoisotopic (exact) mass is 610 g/mol. The Kier molecular flexibility index (Phi) is 7.44. The van der Waals surface area contributed by atoms with E-state index in [0.29, 0.717) is 31.4 Å². The fraction of sp³-hybridized carbons (Fsp3) is 0.429. The molecule has 2 aromatic heterocycles. The summed E-state index contributed by atoms with van der Waals surface area (Å²) >= 11 is 0. The maximum Gasteiger partial charge on any atom is 0.337 e. The van der Waals surface area contributed by atoms with Gasteiger partial charge < -0.3 is 0 Å². The van der Waals surface area contributed by atoms with Crippen LogP contribution < -0.4 is 11.2 Å². The second kappa shape index (κ2) is 11.3. The van der Waals surface area contributed by atoms with Crippen LogP contribution in [-0.4, -0.2) is 66.7 Å². The molecule has 9 nitrogen and oxygen atoms in total. The van der Waals surface area contributed by atoms with Crippen molar-refractivity contribution in [2.45, 2.75) is 76.5 Å². The summed E-state index contributed by atoms with van der Waals surface area (Å²) in [5, 5.41) is 4.01. The smallest absolute Gasteiger partial charge is 0.300 e. The highest BCUT2D eigenvalue weighted by molar-refractivity contribution is 5.94. The van der Waals surface area contributed by atoms with Crippen molar-refractivity contribution in [2.24, 2.45) is 0 Å². The molecule has 2 aliphatic carbocycles. The fourth-order valence-electron chi connectivity index (χ4n) is 7.35. The van der Waals surface area contributed by atoms with Crippen molar-refractivity contribution in [3.8, 4) is 16.8 Å². The van der Waals surface area contributed by atoms with E-state index in [4.69, 9.17) is 0 Å². The molecule has 234 valence electrons. The van der Waals surface area contributed by atoms with E-state index in [2.05, 4.69) is 53.0 Å². The molecule has 45 heavy (non-hydrogen) atoms. The number of hydrogen-bond acceptors (Lipinski definition) is 6. The minimum Gasteiger partial charge on any atom is -0.300 e. The van der Waals surface area contributed by atoms with Gasteiger partial charge in [0.2, 0.25) is 0 Å². The summed E-state index contributed by atoms with van der Waals surface area (Å²) < 4.78 is 17.2. The number of halogens is 1. The van der Waals surface area contributed by atoms with E-state index in [9.17, 15) is 18.8 Å². The van der Waals surface area contributed by atoms with Gasteiger partial charge in [-0.2, -0.15) is 0 Å². The lowest BCUT2D eigenvalue weighted by molar-refractivity contribution is -0.207. The van der Waals surface area contributed by atoms with Crippen LogP contribution in [0, 0.1) is 5.82 Å². The first kappa shape index (κ1) is 29.6. The van der Waals surface area contributed by atoms with Crippen molar-refractivity contribution < 1.29 is 9.18 Å². The third-order valence-electron chi connectivity index (χ3n) is 10.2. The SMILES string of the molecule is CCN(CC)Cc1ccc(-c2cccc(-n3c(=O)n(C4CCC(N5C(=O)C6(CC6)N5C)CC4)c(=O)c4cc(F)cnc43)c2)cc1. The molecule has 4 aromatic rings. The van der Waals surface area contributed by atoms with E-state index in [0.717, 1.165) is 49.8 Å². The number of pyridine rings is 1. The Balaban J connectivity index is 1.22. The van der Waals surface area contributed by atoms with Crippen molar-refractivity contribution in [1.29, 1.82) is 0 Å². The first-order valence-corrected chi connectivity index (χ1v) is 16.1. The number of fused-ring (bicyclic) bond motifs is 1. The largest absolute Gasteiger partial charge is 0.337 e. The summed E-state index contributed by atoms with van der Waals surface area (Å²) in [6.07, 6.45) is 5.36. The molecular weight excluding hydrogens is 571 g/mol. The molecule has 0 bridgehead atoms. The second-order valence-electron chi connectivity index (χ2n) is 12.7. The van der Waals surface area contributed by atoms with Crippen LogP contribution in [0.25, 0.3) is 27.8 Å². The van der Waals surface area contributed by atoms with Gasteiger partial charge in [-0.25, -0.2) is 23.7 Å². The molecule has 1 spiro atoms. The van der Waals surface area contributed by atoms with Crippen LogP contribution in [0.15, 0.2) is 70.4 Å². The molecule has 3 heterocycles. The summed E-state index contributed by atoms with van der Waals surface area (Å²) in [5.74, 6) is -0.439. The average molecular weight is 611 g/mol. The minimum atomic E-state index is -0.632. The predicted molar refractivity (Wildman–Crippen MR) is 171 cm³/mol. The van der Waals surface area contributed by atoms with Gasteiger partial charge in [0, 0.05) is 25.7 Å². The van der Waals surface area contributed by atoms with E-state index in [1.165, 1.54) is 20.8 Å². The molecule has 0 radical (unpaired) electrons. The molecule has 1 aliphatic heterocycles. The number of hydrazine groups is 1. The number of carbonyl (C=O) groups excluding carboxylic acids is 1. The van der Waals surface area contributed by atoms with Crippen molar-refractivity contribution in [1.82, 2.24) is 29.0 Å². The number of hydrogen-bond donors (Lipinski definition) is 0. The Labute approximate surface area is 261 Å². The van der Waals surface area contributed by atoms with Crippen LogP contribution in [-0.2, 0) is 11.3 Å². The topological polar surface area (TPSA) is 83.7 Å². The van der Waals surface area contributed by atoms with E-state index >= 15 is 0 Å². The molecule has 3 aliphatic rings. The summed E-state index contributed by atoms with van der Waals surface area (Å²) in [5.41, 5.74) is 2.53. The Hall–Kier alpha value is -4.15. The third-order valence-corrected chi connectivity index (χ3v) is 10.2. The van der Waals surface area contributed by atoms with Gasteiger partial charge in [0.05, 0.1) is 17.3 Å². The number of amides is 1. The van der Waals surface area contributed by atoms with Crippen LogP contribution in [0.3, 0.4) is 0 Å². The van der Waals surface area contributed by atoms with Gasteiger partial charge >= 0.3 is 5.69 Å². The highest BCUT2D eigenvalue weighted by Crippen LogP contribution is 2.52. The zero-order valence-electron chi connectivity index (χ0n) is 26.1. The van der Waals surface area contributed by atoms with Crippen LogP contribution in [0.4, 0.5) is 4.39 Å². The average Bonchev–Trinajstić information content (AvgIpc) is 3.89. The van der Waals surface area contributed by atoms with Gasteiger partial charge in [0.25, 0.3) is 11.5 Å². The van der Waals surface area contributed by atoms with E-state index in [-0.39, 0.29) is 34.6 Å². The van der Waals surface area contributed by atoms with E-state index < -0.39 is 17.1 Å². The summed E-state index contributed by atoms with van der Waals surface area (Å²) in [6.45, 7) is 7.17. The Morgan fingerprint density at radius 3 is 2.24 bits per heavy atom. The molecular formula is C35H39FN6O3. The number of benzene rings is 2. The van der Waals surface area contributed by atoms with Crippen LogP contribution in [0.2, 0.25) is 0 Å². The van der Waals surface area contributed by atoms with Gasteiger partial charge in [-0.05, 0) is 86.5 Å². The van der Waals surface area contributed by atoms with Gasteiger partial charge in [0.1, 0.15) is 11.4 Å². The number of rotatable bonds is 8. The Morgan fingerprint density at radius 2 is 1.60 bits per heavy atom. The summed E-state index contributed by atoms with van der Waals surface area (Å²) in [4.78, 5) is 47.4. The van der Waals surface area contributed by atoms with Crippen molar-refractivity contribution >= 4 is 16.9 Å². The zero-order valence-corrected chi connectivity index (χ0v) is 26.1. The van der Waals surface area contributed by atoms with Crippen molar-refractivity contribution in [3.63, 3.8) is 0 Å². The molecule has 2 saturated carbocycles. The highest BCUT2D eigenvalue weighted by atomic mass is 19.1. The van der Waals surface area contributed by atoms with Crippen LogP contribution >= 0.6 is 0 Å². The molecule has 1 amide bonds. The summed E-state index contributed by atoms with van der Waals surface area (Å²) in [6, 6.07) is 16.9. The molecule has 1 saturated heterocycles. The fourth-order valence-corrected chi connectivity index (χ4v) is 7.35. The zero-order chi connectivity index (χ0) is 31.5.